The Hall–Kier alpha value is -4.54. The van der Waals surface area contributed by atoms with Crippen LogP contribution in [0.4, 0.5) is 18.0 Å². The van der Waals surface area contributed by atoms with E-state index in [0.717, 1.165) is 16.8 Å². The lowest BCUT2D eigenvalue weighted by molar-refractivity contribution is 0.104. The highest BCUT2D eigenvalue weighted by Crippen LogP contribution is 2.22. The van der Waals surface area contributed by atoms with Crippen LogP contribution in [0, 0.1) is 17.5 Å². The molecule has 11 heteroatoms. The summed E-state index contributed by atoms with van der Waals surface area (Å²) in [5.74, 6) is -3.84. The molecule has 2 aromatic carbocycles. The monoisotopic (exact) mass is 482 g/mol. The van der Waals surface area contributed by atoms with Crippen molar-refractivity contribution in [1.82, 2.24) is 19.7 Å². The number of hydrogen-bond donors (Lipinski definition) is 0. The third-order valence-electron chi connectivity index (χ3n) is 4.76. The SMILES string of the molecule is CCOC(=O)Oc1cnc(-c2cccc(Cn3nc(-c4cc(F)c(F)c(F)c4)ccc3=O)c2)nc1. The van der Waals surface area contributed by atoms with Crippen LogP contribution < -0.4 is 10.3 Å². The van der Waals surface area contributed by atoms with Crippen molar-refractivity contribution in [3.63, 3.8) is 0 Å². The van der Waals surface area contributed by atoms with Crippen molar-refractivity contribution in [2.75, 3.05) is 6.61 Å². The quantitative estimate of drug-likeness (QED) is 0.297. The van der Waals surface area contributed by atoms with Crippen molar-refractivity contribution < 1.29 is 27.4 Å². The minimum atomic E-state index is -1.58. The number of aromatic nitrogens is 4. The predicted octanol–water partition coefficient (Wildman–Crippen LogP) is 4.37. The van der Waals surface area contributed by atoms with Crippen LogP contribution in [0.1, 0.15) is 12.5 Å². The summed E-state index contributed by atoms with van der Waals surface area (Å²) in [5, 5.41) is 4.16. The van der Waals surface area contributed by atoms with Gasteiger partial charge < -0.3 is 9.47 Å². The van der Waals surface area contributed by atoms with Gasteiger partial charge in [-0.25, -0.2) is 32.6 Å². The summed E-state index contributed by atoms with van der Waals surface area (Å²) in [7, 11) is 0. The van der Waals surface area contributed by atoms with E-state index in [1.165, 1.54) is 24.5 Å². The zero-order chi connectivity index (χ0) is 24.9. The van der Waals surface area contributed by atoms with Gasteiger partial charge in [-0.05, 0) is 36.8 Å². The van der Waals surface area contributed by atoms with Crippen molar-refractivity contribution in [1.29, 1.82) is 0 Å². The topological polar surface area (TPSA) is 96.2 Å². The predicted molar refractivity (Wildman–Crippen MR) is 118 cm³/mol. The molecule has 2 aromatic heterocycles. The Morgan fingerprint density at radius 1 is 0.971 bits per heavy atom. The van der Waals surface area contributed by atoms with Crippen molar-refractivity contribution in [3.8, 4) is 28.4 Å². The number of rotatable bonds is 6. The van der Waals surface area contributed by atoms with E-state index in [4.69, 9.17) is 9.47 Å². The largest absolute Gasteiger partial charge is 0.513 e. The van der Waals surface area contributed by atoms with Gasteiger partial charge in [0, 0.05) is 17.2 Å². The molecule has 0 aliphatic heterocycles. The molecule has 4 aromatic rings. The molecule has 0 saturated carbocycles. The van der Waals surface area contributed by atoms with Crippen LogP contribution in [-0.2, 0) is 11.3 Å². The van der Waals surface area contributed by atoms with Crippen LogP contribution >= 0.6 is 0 Å². The minimum absolute atomic E-state index is 0.0116. The summed E-state index contributed by atoms with van der Waals surface area (Å²) < 4.78 is 51.3. The highest BCUT2D eigenvalue weighted by atomic mass is 19.2. The molecular weight excluding hydrogens is 465 g/mol. The lowest BCUT2D eigenvalue weighted by Crippen LogP contribution is -2.22. The van der Waals surface area contributed by atoms with Gasteiger partial charge in [-0.15, -0.1) is 0 Å². The van der Waals surface area contributed by atoms with E-state index in [1.807, 2.05) is 0 Å². The zero-order valence-electron chi connectivity index (χ0n) is 18.2. The summed E-state index contributed by atoms with van der Waals surface area (Å²) in [4.78, 5) is 32.1. The van der Waals surface area contributed by atoms with Crippen molar-refractivity contribution >= 4 is 6.16 Å². The van der Waals surface area contributed by atoms with Gasteiger partial charge in [-0.2, -0.15) is 5.10 Å². The molecule has 0 unspecified atom stereocenters. The Morgan fingerprint density at radius 2 is 1.69 bits per heavy atom. The second kappa shape index (κ2) is 10.2. The maximum absolute atomic E-state index is 13.6. The first-order valence-corrected chi connectivity index (χ1v) is 10.3. The van der Waals surface area contributed by atoms with E-state index in [1.54, 1.807) is 31.2 Å². The van der Waals surface area contributed by atoms with E-state index in [9.17, 15) is 22.8 Å². The van der Waals surface area contributed by atoms with Crippen molar-refractivity contribution in [2.24, 2.45) is 0 Å². The van der Waals surface area contributed by atoms with Gasteiger partial charge >= 0.3 is 6.16 Å². The van der Waals surface area contributed by atoms with Gasteiger partial charge in [0.2, 0.25) is 0 Å². The fourth-order valence-electron chi connectivity index (χ4n) is 3.16. The molecule has 2 heterocycles. The summed E-state index contributed by atoms with van der Waals surface area (Å²) in [6.45, 7) is 1.86. The van der Waals surface area contributed by atoms with E-state index in [0.29, 0.717) is 17.0 Å². The molecule has 0 saturated heterocycles. The normalized spacial score (nSPS) is 10.7. The molecule has 0 spiro atoms. The maximum Gasteiger partial charge on any atom is 0.513 e. The van der Waals surface area contributed by atoms with Gasteiger partial charge in [-0.1, -0.05) is 18.2 Å². The zero-order valence-corrected chi connectivity index (χ0v) is 18.2. The molecule has 0 N–H and O–H groups in total. The third kappa shape index (κ3) is 5.52. The maximum atomic E-state index is 13.6. The molecule has 0 fully saturated rings. The molecule has 0 radical (unpaired) electrons. The molecule has 0 atom stereocenters. The van der Waals surface area contributed by atoms with Crippen LogP contribution in [0.25, 0.3) is 22.6 Å². The van der Waals surface area contributed by atoms with Crippen LogP contribution in [0.15, 0.2) is 65.7 Å². The summed E-state index contributed by atoms with van der Waals surface area (Å²) in [6.07, 6.45) is 1.78. The van der Waals surface area contributed by atoms with Gasteiger partial charge in [0.1, 0.15) is 0 Å². The third-order valence-corrected chi connectivity index (χ3v) is 4.76. The first-order chi connectivity index (χ1) is 16.8. The summed E-state index contributed by atoms with van der Waals surface area (Å²) in [6, 6.07) is 11.1. The number of carbonyl (C=O) groups excluding carboxylic acids is 1. The Labute approximate surface area is 196 Å². The minimum Gasteiger partial charge on any atom is -0.434 e. The first kappa shape index (κ1) is 23.6. The average molecular weight is 482 g/mol. The van der Waals surface area contributed by atoms with Gasteiger partial charge in [-0.3, -0.25) is 4.79 Å². The van der Waals surface area contributed by atoms with E-state index >= 15 is 0 Å². The molecule has 0 bridgehead atoms. The van der Waals surface area contributed by atoms with E-state index in [-0.39, 0.29) is 30.2 Å². The van der Waals surface area contributed by atoms with Crippen LogP contribution in [0.5, 0.6) is 5.75 Å². The lowest BCUT2D eigenvalue weighted by atomic mass is 10.1. The fourth-order valence-corrected chi connectivity index (χ4v) is 3.16. The summed E-state index contributed by atoms with van der Waals surface area (Å²) >= 11 is 0. The molecule has 0 amide bonds. The highest BCUT2D eigenvalue weighted by Gasteiger charge is 2.14. The molecule has 0 aliphatic carbocycles. The van der Waals surface area contributed by atoms with Crippen molar-refractivity contribution in [2.45, 2.75) is 13.5 Å². The van der Waals surface area contributed by atoms with Crippen LogP contribution in [0.2, 0.25) is 0 Å². The Balaban J connectivity index is 1.57. The molecule has 8 nitrogen and oxygen atoms in total. The Morgan fingerprint density at radius 3 is 2.37 bits per heavy atom. The fraction of sp³-hybridized carbons (Fsp3) is 0.125. The van der Waals surface area contributed by atoms with E-state index < -0.39 is 29.2 Å². The van der Waals surface area contributed by atoms with E-state index in [2.05, 4.69) is 15.1 Å². The molecule has 178 valence electrons. The highest BCUT2D eigenvalue weighted by molar-refractivity contribution is 5.64. The Kier molecular flexibility index (Phi) is 6.86. The van der Waals surface area contributed by atoms with Crippen LogP contribution in [0.3, 0.4) is 0 Å². The smallest absolute Gasteiger partial charge is 0.434 e. The number of halogens is 3. The second-order valence-electron chi connectivity index (χ2n) is 7.20. The number of hydrogen-bond acceptors (Lipinski definition) is 7. The number of benzene rings is 2. The molecule has 0 aliphatic rings. The molecular formula is C24H17F3N4O4. The number of carbonyl (C=O) groups is 1. The average Bonchev–Trinajstić information content (AvgIpc) is 2.84. The first-order valence-electron chi connectivity index (χ1n) is 10.3. The van der Waals surface area contributed by atoms with Gasteiger partial charge in [0.25, 0.3) is 5.56 Å². The molecule has 35 heavy (non-hydrogen) atoms. The number of nitrogens with zero attached hydrogens (tertiary/aromatic N) is 4. The van der Waals surface area contributed by atoms with Crippen molar-refractivity contribution in [3.05, 3.63) is 94.3 Å². The Bertz CT molecular complexity index is 1420. The van der Waals surface area contributed by atoms with Gasteiger partial charge in [0.15, 0.2) is 29.0 Å². The molecule has 4 rings (SSSR count). The lowest BCUT2D eigenvalue weighted by Gasteiger charge is -2.09. The van der Waals surface area contributed by atoms with Gasteiger partial charge in [0.05, 0.1) is 31.2 Å². The number of ether oxygens (including phenoxy) is 2. The summed E-state index contributed by atoms with van der Waals surface area (Å²) in [5.41, 5.74) is 0.929. The van der Waals surface area contributed by atoms with Crippen LogP contribution in [-0.4, -0.2) is 32.5 Å². The standard InChI is InChI=1S/C24H17F3N4O4/c1-2-34-24(33)35-17-11-28-23(29-12-17)15-5-3-4-14(8-15)13-31-21(32)7-6-20(30-31)16-9-18(25)22(27)19(26)10-16/h3-12H,2,13H2,1H3. The second-order valence-corrected chi connectivity index (χ2v) is 7.20.